The van der Waals surface area contributed by atoms with E-state index in [9.17, 15) is 26.7 Å². The van der Waals surface area contributed by atoms with Gasteiger partial charge in [0.15, 0.2) is 5.78 Å². The molecule has 7 heteroatoms. The van der Waals surface area contributed by atoms with Gasteiger partial charge in [-0.05, 0) is 12.1 Å². The number of nitrogens with one attached hydrogen (secondary N) is 1. The van der Waals surface area contributed by atoms with Crippen LogP contribution in [-0.2, 0) is 4.79 Å². The molecule has 0 saturated heterocycles. The van der Waals surface area contributed by atoms with E-state index in [1.807, 2.05) is 0 Å². The van der Waals surface area contributed by atoms with E-state index in [1.54, 1.807) is 5.32 Å². The molecule has 0 saturated carbocycles. The quantitative estimate of drug-likeness (QED) is 0.661. The fraction of sp³-hybridized carbons (Fsp3) is 0.357. The summed E-state index contributed by atoms with van der Waals surface area (Å²) in [6.45, 7) is 4.30. The molecular weight excluding hydrogens is 293 g/mol. The molecule has 1 rings (SSSR count). The number of carbonyl (C=O) groups excluding carboxylic acids is 1. The molecular formula is C14H14F5NO. The Kier molecular flexibility index (Phi) is 4.76. The summed E-state index contributed by atoms with van der Waals surface area (Å²) in [5, 5.41) is 1.62. The van der Waals surface area contributed by atoms with E-state index in [2.05, 4.69) is 0 Å². The van der Waals surface area contributed by atoms with Gasteiger partial charge in [-0.3, -0.25) is 4.79 Å². The maximum absolute atomic E-state index is 13.4. The van der Waals surface area contributed by atoms with Crippen LogP contribution >= 0.6 is 0 Å². The van der Waals surface area contributed by atoms with Crippen LogP contribution in [0.15, 0.2) is 30.0 Å². The number of alkyl halides is 3. The van der Waals surface area contributed by atoms with Crippen molar-refractivity contribution >= 4 is 11.5 Å². The fourth-order valence-corrected chi connectivity index (χ4v) is 1.29. The Bertz CT molecular complexity index is 549. The van der Waals surface area contributed by atoms with Crippen molar-refractivity contribution in [3.05, 3.63) is 41.6 Å². The van der Waals surface area contributed by atoms with Crippen molar-refractivity contribution in [1.29, 1.82) is 0 Å². The van der Waals surface area contributed by atoms with Gasteiger partial charge in [0.1, 0.15) is 23.0 Å². The second-order valence-electron chi connectivity index (χ2n) is 5.39. The summed E-state index contributed by atoms with van der Waals surface area (Å²) in [7, 11) is 0. The summed E-state index contributed by atoms with van der Waals surface area (Å²) in [5.41, 5.74) is -3.53. The zero-order valence-corrected chi connectivity index (χ0v) is 11.6. The van der Waals surface area contributed by atoms with E-state index in [1.165, 1.54) is 20.8 Å². The zero-order chi connectivity index (χ0) is 16.4. The first-order valence-electron chi connectivity index (χ1n) is 5.97. The standard InChI is InChI=1S/C14H14F5NO/c1-13(2,3)11(21)7-10(14(17,18)19)20-12-8(15)5-4-6-9(12)16/h4-7,20H,1-3H3. The third-order valence-corrected chi connectivity index (χ3v) is 2.54. The number of anilines is 1. The summed E-state index contributed by atoms with van der Waals surface area (Å²) in [6.07, 6.45) is -4.64. The van der Waals surface area contributed by atoms with Gasteiger partial charge >= 0.3 is 6.18 Å². The monoisotopic (exact) mass is 307 g/mol. The number of carbonyl (C=O) groups is 1. The second kappa shape index (κ2) is 5.83. The van der Waals surface area contributed by atoms with Crippen LogP contribution in [0.5, 0.6) is 0 Å². The minimum atomic E-state index is -4.95. The van der Waals surface area contributed by atoms with Crippen LogP contribution in [0.25, 0.3) is 0 Å². The van der Waals surface area contributed by atoms with Crippen molar-refractivity contribution in [2.24, 2.45) is 5.41 Å². The summed E-state index contributed by atoms with van der Waals surface area (Å²) < 4.78 is 65.4. The molecule has 0 aliphatic rings. The molecule has 1 N–H and O–H groups in total. The molecule has 1 aromatic carbocycles. The summed E-state index contributed by atoms with van der Waals surface area (Å²) in [4.78, 5) is 11.7. The molecule has 0 atom stereocenters. The molecule has 0 unspecified atom stereocenters. The molecule has 1 aromatic rings. The molecule has 116 valence electrons. The molecule has 21 heavy (non-hydrogen) atoms. The highest BCUT2D eigenvalue weighted by molar-refractivity contribution is 5.95. The van der Waals surface area contributed by atoms with Crippen molar-refractivity contribution in [3.63, 3.8) is 0 Å². The molecule has 0 bridgehead atoms. The summed E-state index contributed by atoms with van der Waals surface area (Å²) in [6, 6.07) is 2.64. The Balaban J connectivity index is 3.24. The largest absolute Gasteiger partial charge is 0.431 e. The van der Waals surface area contributed by atoms with E-state index < -0.39 is 40.4 Å². The van der Waals surface area contributed by atoms with Crippen molar-refractivity contribution < 1.29 is 26.7 Å². The van der Waals surface area contributed by atoms with Gasteiger partial charge in [0, 0.05) is 11.5 Å². The lowest BCUT2D eigenvalue weighted by Gasteiger charge is -2.18. The van der Waals surface area contributed by atoms with Crippen molar-refractivity contribution in [2.45, 2.75) is 26.9 Å². The molecule has 0 aliphatic carbocycles. The second-order valence-corrected chi connectivity index (χ2v) is 5.39. The average Bonchev–Trinajstić information content (AvgIpc) is 2.29. The SMILES string of the molecule is CC(C)(C)C(=O)C=C(Nc1c(F)cccc1F)C(F)(F)F. The maximum Gasteiger partial charge on any atom is 0.431 e. The number of allylic oxidation sites excluding steroid dienone is 2. The number of para-hydroxylation sites is 1. The highest BCUT2D eigenvalue weighted by Gasteiger charge is 2.36. The Morgan fingerprint density at radius 2 is 1.57 bits per heavy atom. The minimum Gasteiger partial charge on any atom is -0.347 e. The van der Waals surface area contributed by atoms with E-state index in [0.717, 1.165) is 18.2 Å². The first-order chi connectivity index (χ1) is 9.43. The number of benzene rings is 1. The highest BCUT2D eigenvalue weighted by Crippen LogP contribution is 2.30. The molecule has 0 radical (unpaired) electrons. The van der Waals surface area contributed by atoms with Gasteiger partial charge in [0.2, 0.25) is 0 Å². The number of hydrogen-bond acceptors (Lipinski definition) is 2. The maximum atomic E-state index is 13.4. The van der Waals surface area contributed by atoms with Crippen molar-refractivity contribution in [1.82, 2.24) is 0 Å². The average molecular weight is 307 g/mol. The van der Waals surface area contributed by atoms with Gasteiger partial charge < -0.3 is 5.32 Å². The predicted octanol–water partition coefficient (Wildman–Crippen LogP) is 4.44. The van der Waals surface area contributed by atoms with Crippen LogP contribution in [0.1, 0.15) is 20.8 Å². The lowest BCUT2D eigenvalue weighted by atomic mass is 9.90. The summed E-state index contributed by atoms with van der Waals surface area (Å²) in [5.74, 6) is -3.19. The Morgan fingerprint density at radius 1 is 1.10 bits per heavy atom. The van der Waals surface area contributed by atoms with Crippen LogP contribution in [0.3, 0.4) is 0 Å². The lowest BCUT2D eigenvalue weighted by molar-refractivity contribution is -0.122. The van der Waals surface area contributed by atoms with E-state index >= 15 is 0 Å². The predicted molar refractivity (Wildman–Crippen MR) is 68.6 cm³/mol. The Hall–Kier alpha value is -1.92. The van der Waals surface area contributed by atoms with E-state index in [-0.39, 0.29) is 0 Å². The molecule has 0 aromatic heterocycles. The van der Waals surface area contributed by atoms with Gasteiger partial charge in [-0.15, -0.1) is 0 Å². The Morgan fingerprint density at radius 3 is 1.95 bits per heavy atom. The minimum absolute atomic E-state index is 0.311. The van der Waals surface area contributed by atoms with Gasteiger partial charge in [0.05, 0.1) is 0 Å². The van der Waals surface area contributed by atoms with Crippen LogP contribution < -0.4 is 5.32 Å². The molecule has 0 heterocycles. The third-order valence-electron chi connectivity index (χ3n) is 2.54. The molecule has 0 amide bonds. The molecule has 0 spiro atoms. The fourth-order valence-electron chi connectivity index (χ4n) is 1.29. The number of ketones is 1. The molecule has 0 fully saturated rings. The highest BCUT2D eigenvalue weighted by atomic mass is 19.4. The molecule has 2 nitrogen and oxygen atoms in total. The zero-order valence-electron chi connectivity index (χ0n) is 11.6. The Labute approximate surface area is 118 Å². The van der Waals surface area contributed by atoms with Crippen molar-refractivity contribution in [3.8, 4) is 0 Å². The van der Waals surface area contributed by atoms with Crippen LogP contribution in [-0.4, -0.2) is 12.0 Å². The van der Waals surface area contributed by atoms with E-state index in [0.29, 0.717) is 6.08 Å². The normalized spacial score (nSPS) is 13.2. The van der Waals surface area contributed by atoms with Gasteiger partial charge in [-0.2, -0.15) is 13.2 Å². The van der Waals surface area contributed by atoms with Gasteiger partial charge in [-0.1, -0.05) is 26.8 Å². The number of halogens is 5. The topological polar surface area (TPSA) is 29.1 Å². The van der Waals surface area contributed by atoms with Crippen LogP contribution in [0.2, 0.25) is 0 Å². The van der Waals surface area contributed by atoms with Gasteiger partial charge in [0.25, 0.3) is 0 Å². The van der Waals surface area contributed by atoms with Crippen LogP contribution in [0, 0.1) is 17.0 Å². The van der Waals surface area contributed by atoms with Crippen LogP contribution in [0.4, 0.5) is 27.6 Å². The molecule has 0 aliphatic heterocycles. The summed E-state index contributed by atoms with van der Waals surface area (Å²) >= 11 is 0. The lowest BCUT2D eigenvalue weighted by Crippen LogP contribution is -2.25. The third kappa shape index (κ3) is 4.54. The first-order valence-corrected chi connectivity index (χ1v) is 5.97. The number of rotatable bonds is 3. The van der Waals surface area contributed by atoms with Crippen molar-refractivity contribution in [2.75, 3.05) is 5.32 Å². The first kappa shape index (κ1) is 17.1. The van der Waals surface area contributed by atoms with E-state index in [4.69, 9.17) is 0 Å². The smallest absolute Gasteiger partial charge is 0.347 e. The number of hydrogen-bond donors (Lipinski definition) is 1. The van der Waals surface area contributed by atoms with Gasteiger partial charge in [-0.25, -0.2) is 8.78 Å².